The Morgan fingerprint density at radius 2 is 1.82 bits per heavy atom. The maximum Gasteiger partial charge on any atom is 0.0996 e. The quantitative estimate of drug-likeness (QED) is 0.455. The van der Waals surface area contributed by atoms with Gasteiger partial charge in [0, 0.05) is 10.8 Å². The van der Waals surface area contributed by atoms with E-state index in [2.05, 4.69) is 16.0 Å². The van der Waals surface area contributed by atoms with Crippen molar-refractivity contribution in [3.8, 4) is 0 Å². The summed E-state index contributed by atoms with van der Waals surface area (Å²) in [5.74, 6) is 0. The number of aromatic nitrogens is 2. The molecule has 0 N–H and O–H groups in total. The average Bonchev–Trinajstić information content (AvgIpc) is 2.73. The number of hydrogen-bond donors (Lipinski definition) is 0. The van der Waals surface area contributed by atoms with Gasteiger partial charge in [0.2, 0.25) is 0 Å². The van der Waals surface area contributed by atoms with E-state index in [1.165, 1.54) is 0 Å². The zero-order valence-corrected chi connectivity index (χ0v) is 8.92. The van der Waals surface area contributed by atoms with E-state index in [0.29, 0.717) is 0 Å². The lowest BCUT2D eigenvalue weighted by atomic mass is 10.2. The van der Waals surface area contributed by atoms with E-state index in [-0.39, 0.29) is 0 Å². The number of rotatable bonds is 0. The lowest BCUT2D eigenvalue weighted by molar-refractivity contribution is 0.557. The average molecular weight is 220 g/mol. The maximum atomic E-state index is 5.15. The molecule has 0 aliphatic rings. The fourth-order valence-corrected chi connectivity index (χ4v) is 2.16. The molecule has 3 heteroatoms. The third-order valence-electron chi connectivity index (χ3n) is 2.96. The number of nitrogens with zero attached hydrogens (tertiary/aromatic N) is 2. The van der Waals surface area contributed by atoms with Crippen LogP contribution >= 0.6 is 0 Å². The van der Waals surface area contributed by atoms with Gasteiger partial charge in [-0.05, 0) is 18.2 Å². The molecule has 0 unspecified atom stereocenters. The summed E-state index contributed by atoms with van der Waals surface area (Å²) in [5.41, 5.74) is 3.79. The third-order valence-corrected chi connectivity index (χ3v) is 2.96. The predicted molar refractivity (Wildman–Crippen MR) is 66.8 cm³/mol. The van der Waals surface area contributed by atoms with E-state index in [1.54, 1.807) is 12.5 Å². The monoisotopic (exact) mass is 220 g/mol. The van der Waals surface area contributed by atoms with Crippen LogP contribution in [0.5, 0.6) is 0 Å². The molecule has 0 atom stereocenters. The highest BCUT2D eigenvalue weighted by atomic mass is 16.3. The number of pyridine rings is 1. The van der Waals surface area contributed by atoms with Crippen LogP contribution in [-0.2, 0) is 0 Å². The van der Waals surface area contributed by atoms with Gasteiger partial charge >= 0.3 is 0 Å². The number of fused-ring (bicyclic) bond motifs is 4. The van der Waals surface area contributed by atoms with Gasteiger partial charge in [0.15, 0.2) is 0 Å². The van der Waals surface area contributed by atoms with Crippen molar-refractivity contribution >= 4 is 32.8 Å². The second-order valence-corrected chi connectivity index (χ2v) is 4.02. The van der Waals surface area contributed by atoms with Gasteiger partial charge in [-0.2, -0.15) is 0 Å². The van der Waals surface area contributed by atoms with Crippen LogP contribution in [0.15, 0.2) is 53.3 Å². The zero-order chi connectivity index (χ0) is 11.2. The Labute approximate surface area is 96.7 Å². The molecule has 0 saturated carbocycles. The van der Waals surface area contributed by atoms with Crippen molar-refractivity contribution in [1.82, 2.24) is 9.97 Å². The summed E-state index contributed by atoms with van der Waals surface area (Å²) < 4.78 is 5.15. The molecule has 3 nitrogen and oxygen atoms in total. The molecule has 17 heavy (non-hydrogen) atoms. The molecule has 1 aromatic carbocycles. The van der Waals surface area contributed by atoms with E-state index in [0.717, 1.165) is 32.8 Å². The maximum absolute atomic E-state index is 5.15. The van der Waals surface area contributed by atoms with Crippen molar-refractivity contribution < 1.29 is 4.42 Å². The van der Waals surface area contributed by atoms with Gasteiger partial charge in [0.25, 0.3) is 0 Å². The van der Waals surface area contributed by atoms with E-state index in [9.17, 15) is 0 Å². The Morgan fingerprint density at radius 1 is 0.882 bits per heavy atom. The van der Waals surface area contributed by atoms with Crippen LogP contribution < -0.4 is 0 Å². The first-order chi connectivity index (χ1) is 8.42. The Hall–Kier alpha value is -2.42. The normalized spacial score (nSPS) is 11.5. The summed E-state index contributed by atoms with van der Waals surface area (Å²) in [6.07, 6.45) is 3.33. The highest BCUT2D eigenvalue weighted by molar-refractivity contribution is 6.07. The standard InChI is InChI=1S/C14H8N2O/c1-2-4-12-10(3-1)14-13(15-12)7-9-8-17-6-5-11(9)16-14/h1-8H. The van der Waals surface area contributed by atoms with Crippen molar-refractivity contribution in [2.24, 2.45) is 0 Å². The van der Waals surface area contributed by atoms with E-state index < -0.39 is 0 Å². The van der Waals surface area contributed by atoms with Gasteiger partial charge in [0.05, 0.1) is 34.6 Å². The Balaban J connectivity index is 2.28. The molecule has 80 valence electrons. The van der Waals surface area contributed by atoms with Crippen LogP contribution in [-0.4, -0.2) is 9.97 Å². The summed E-state index contributed by atoms with van der Waals surface area (Å²) >= 11 is 0. The second-order valence-electron chi connectivity index (χ2n) is 4.02. The van der Waals surface area contributed by atoms with E-state index in [4.69, 9.17) is 4.42 Å². The third kappa shape index (κ3) is 1.16. The number of benzene rings is 1. The lowest BCUT2D eigenvalue weighted by Crippen LogP contribution is -1.79. The summed E-state index contributed by atoms with van der Waals surface area (Å²) in [7, 11) is 0. The van der Waals surface area contributed by atoms with Gasteiger partial charge in [-0.15, -0.1) is 0 Å². The molecular formula is C14H8N2O. The van der Waals surface area contributed by atoms with Crippen LogP contribution in [0.2, 0.25) is 0 Å². The molecule has 0 bridgehead atoms. The van der Waals surface area contributed by atoms with Crippen molar-refractivity contribution in [2.45, 2.75) is 0 Å². The molecule has 4 rings (SSSR count). The second kappa shape index (κ2) is 3.04. The Morgan fingerprint density at radius 3 is 2.82 bits per heavy atom. The molecule has 4 aromatic rings. The number of para-hydroxylation sites is 1. The van der Waals surface area contributed by atoms with Crippen LogP contribution in [0, 0.1) is 0 Å². The summed E-state index contributed by atoms with van der Waals surface area (Å²) in [6, 6.07) is 11.9. The van der Waals surface area contributed by atoms with Crippen molar-refractivity contribution in [3.05, 3.63) is 48.9 Å². The zero-order valence-electron chi connectivity index (χ0n) is 8.92. The van der Waals surface area contributed by atoms with Crippen molar-refractivity contribution in [2.75, 3.05) is 0 Å². The molecule has 3 aromatic heterocycles. The smallest absolute Gasteiger partial charge is 0.0996 e. The van der Waals surface area contributed by atoms with Crippen LogP contribution in [0.3, 0.4) is 0 Å². The van der Waals surface area contributed by atoms with E-state index >= 15 is 0 Å². The topological polar surface area (TPSA) is 38.9 Å². The first-order valence-electron chi connectivity index (χ1n) is 5.43. The summed E-state index contributed by atoms with van der Waals surface area (Å²) in [5, 5.41) is 2.08. The molecule has 0 aliphatic carbocycles. The van der Waals surface area contributed by atoms with Gasteiger partial charge in [0.1, 0.15) is 0 Å². The van der Waals surface area contributed by atoms with Gasteiger partial charge < -0.3 is 4.42 Å². The van der Waals surface area contributed by atoms with Gasteiger partial charge in [-0.3, -0.25) is 0 Å². The van der Waals surface area contributed by atoms with Crippen molar-refractivity contribution in [3.63, 3.8) is 0 Å². The molecule has 0 spiro atoms. The first kappa shape index (κ1) is 8.70. The summed E-state index contributed by atoms with van der Waals surface area (Å²) in [4.78, 5) is 9.20. The highest BCUT2D eigenvalue weighted by Crippen LogP contribution is 2.26. The molecule has 0 fully saturated rings. The van der Waals surface area contributed by atoms with Crippen LogP contribution in [0.1, 0.15) is 0 Å². The van der Waals surface area contributed by atoms with Crippen LogP contribution in [0.25, 0.3) is 32.8 Å². The minimum Gasteiger partial charge on any atom is -0.472 e. The highest BCUT2D eigenvalue weighted by Gasteiger charge is 2.07. The molecule has 0 aliphatic heterocycles. The fourth-order valence-electron chi connectivity index (χ4n) is 2.16. The molecule has 0 radical (unpaired) electrons. The minimum atomic E-state index is 0.917. The first-order valence-corrected chi connectivity index (χ1v) is 5.43. The van der Waals surface area contributed by atoms with Gasteiger partial charge in [-0.25, -0.2) is 9.97 Å². The largest absolute Gasteiger partial charge is 0.472 e. The SMILES string of the molecule is c1ccc2c(c1)nc1cc3coccc3nc12. The Bertz CT molecular complexity index is 842. The predicted octanol–water partition coefficient (Wildman–Crippen LogP) is 3.53. The Kier molecular flexibility index (Phi) is 1.56. The lowest BCUT2D eigenvalue weighted by Gasteiger charge is -1.95. The van der Waals surface area contributed by atoms with Crippen molar-refractivity contribution in [1.29, 1.82) is 0 Å². The fraction of sp³-hybridized carbons (Fsp3) is 0. The summed E-state index contributed by atoms with van der Waals surface area (Å²) in [6.45, 7) is 0. The minimum absolute atomic E-state index is 0.917. The van der Waals surface area contributed by atoms with Crippen LogP contribution in [0.4, 0.5) is 0 Å². The molecule has 0 amide bonds. The molecular weight excluding hydrogens is 212 g/mol. The van der Waals surface area contributed by atoms with Gasteiger partial charge in [-0.1, -0.05) is 18.2 Å². The number of hydrogen-bond acceptors (Lipinski definition) is 3. The van der Waals surface area contributed by atoms with E-state index in [1.807, 2.05) is 30.3 Å². The molecule has 3 heterocycles. The molecule has 0 saturated heterocycles.